The molecule has 0 atom stereocenters. The van der Waals surface area contributed by atoms with Gasteiger partial charge in [0, 0.05) is 38.0 Å². The van der Waals surface area contributed by atoms with Crippen molar-refractivity contribution >= 4 is 23.3 Å². The van der Waals surface area contributed by atoms with Gasteiger partial charge in [0.15, 0.2) is 0 Å². The molecule has 0 aliphatic carbocycles. The Morgan fingerprint density at radius 3 is 2.42 bits per heavy atom. The van der Waals surface area contributed by atoms with E-state index in [0.29, 0.717) is 31.7 Å². The Balaban J connectivity index is 1.50. The minimum atomic E-state index is -0.0630. The Bertz CT molecular complexity index is 618. The zero-order valence-corrected chi connectivity index (χ0v) is 15.6. The van der Waals surface area contributed by atoms with Crippen molar-refractivity contribution in [2.75, 3.05) is 49.6 Å². The Morgan fingerprint density at radius 1 is 1.15 bits per heavy atom. The molecular weight excluding hydrogens is 332 g/mol. The summed E-state index contributed by atoms with van der Waals surface area (Å²) in [5.41, 5.74) is 1.05. The number of pyridine rings is 1. The van der Waals surface area contributed by atoms with Gasteiger partial charge in [0.25, 0.3) is 0 Å². The van der Waals surface area contributed by atoms with Crippen molar-refractivity contribution in [3.63, 3.8) is 0 Å². The third kappa shape index (κ3) is 4.52. The first kappa shape index (κ1) is 18.6. The van der Waals surface area contributed by atoms with Gasteiger partial charge in [-0.2, -0.15) is 0 Å². The average Bonchev–Trinajstić information content (AvgIpc) is 2.68. The second kappa shape index (κ2) is 8.49. The van der Waals surface area contributed by atoms with Crippen LogP contribution in [0.1, 0.15) is 26.7 Å². The van der Waals surface area contributed by atoms with E-state index in [1.54, 1.807) is 6.20 Å². The molecule has 0 spiro atoms. The van der Waals surface area contributed by atoms with Gasteiger partial charge in [-0.3, -0.25) is 9.59 Å². The fourth-order valence-corrected chi connectivity index (χ4v) is 3.42. The summed E-state index contributed by atoms with van der Waals surface area (Å²) in [5.74, 6) is 0.687. The van der Waals surface area contributed by atoms with E-state index in [4.69, 9.17) is 4.74 Å². The number of rotatable bonds is 4. The van der Waals surface area contributed by atoms with Crippen LogP contribution in [0.5, 0.6) is 0 Å². The van der Waals surface area contributed by atoms with Crippen LogP contribution in [0.25, 0.3) is 0 Å². The predicted octanol–water partition coefficient (Wildman–Crippen LogP) is 1.75. The number of nitrogens with one attached hydrogen (secondary N) is 1. The van der Waals surface area contributed by atoms with E-state index < -0.39 is 0 Å². The number of hydrogen-bond acceptors (Lipinski definition) is 5. The fourth-order valence-electron chi connectivity index (χ4n) is 3.42. The lowest BCUT2D eigenvalue weighted by Crippen LogP contribution is -2.43. The lowest BCUT2D eigenvalue weighted by molar-refractivity contribution is -0.137. The van der Waals surface area contributed by atoms with Crippen LogP contribution in [0.2, 0.25) is 0 Å². The van der Waals surface area contributed by atoms with Crippen LogP contribution in [-0.4, -0.2) is 61.1 Å². The van der Waals surface area contributed by atoms with E-state index in [2.05, 4.69) is 15.2 Å². The van der Waals surface area contributed by atoms with Crippen molar-refractivity contribution < 1.29 is 14.3 Å². The molecule has 1 N–H and O–H groups in total. The van der Waals surface area contributed by atoms with Crippen LogP contribution in [0, 0.1) is 11.8 Å². The highest BCUT2D eigenvalue weighted by Gasteiger charge is 2.28. The number of likely N-dealkylation sites (tertiary alicyclic amines) is 1. The predicted molar refractivity (Wildman–Crippen MR) is 100 cm³/mol. The van der Waals surface area contributed by atoms with Gasteiger partial charge in [0.05, 0.1) is 25.1 Å². The second-order valence-corrected chi connectivity index (χ2v) is 7.24. The van der Waals surface area contributed by atoms with Crippen molar-refractivity contribution in [1.82, 2.24) is 9.88 Å². The SMILES string of the molecule is CC(C)C(=O)N1CCC(C(=O)Nc2ccc(N3CCOCC3)cn2)CC1. The fraction of sp³-hybridized carbons (Fsp3) is 0.632. The molecule has 2 aliphatic rings. The molecule has 3 heterocycles. The molecule has 2 aliphatic heterocycles. The first-order chi connectivity index (χ1) is 12.5. The quantitative estimate of drug-likeness (QED) is 0.885. The highest BCUT2D eigenvalue weighted by atomic mass is 16.5. The van der Waals surface area contributed by atoms with E-state index >= 15 is 0 Å². The number of carbonyl (C=O) groups excluding carboxylic acids is 2. The van der Waals surface area contributed by atoms with Crippen LogP contribution in [0.15, 0.2) is 18.3 Å². The van der Waals surface area contributed by atoms with E-state index in [9.17, 15) is 9.59 Å². The summed E-state index contributed by atoms with van der Waals surface area (Å²) in [6.45, 7) is 8.31. The standard InChI is InChI=1S/C19H28N4O3/c1-14(2)19(25)23-7-5-15(6-8-23)18(24)21-17-4-3-16(13-20-17)22-9-11-26-12-10-22/h3-4,13-15H,5-12H2,1-2H3,(H,20,21,24). The number of aromatic nitrogens is 1. The minimum Gasteiger partial charge on any atom is -0.378 e. The molecule has 0 bridgehead atoms. The van der Waals surface area contributed by atoms with Crippen LogP contribution in [0.3, 0.4) is 0 Å². The molecule has 2 fully saturated rings. The second-order valence-electron chi connectivity index (χ2n) is 7.24. The summed E-state index contributed by atoms with van der Waals surface area (Å²) in [7, 11) is 0. The summed E-state index contributed by atoms with van der Waals surface area (Å²) in [4.78, 5) is 33.0. The summed E-state index contributed by atoms with van der Waals surface area (Å²) < 4.78 is 5.36. The lowest BCUT2D eigenvalue weighted by atomic mass is 9.95. The average molecular weight is 360 g/mol. The number of morpholine rings is 1. The van der Waals surface area contributed by atoms with Crippen LogP contribution in [0.4, 0.5) is 11.5 Å². The molecule has 1 aromatic heterocycles. The molecule has 7 heteroatoms. The van der Waals surface area contributed by atoms with E-state index in [-0.39, 0.29) is 23.7 Å². The van der Waals surface area contributed by atoms with Gasteiger partial charge in [0.2, 0.25) is 11.8 Å². The van der Waals surface area contributed by atoms with Gasteiger partial charge in [0.1, 0.15) is 5.82 Å². The van der Waals surface area contributed by atoms with Crippen molar-refractivity contribution in [2.24, 2.45) is 11.8 Å². The Morgan fingerprint density at radius 2 is 1.85 bits per heavy atom. The molecule has 2 amide bonds. The number of ether oxygens (including phenoxy) is 1. The maximum atomic E-state index is 12.5. The zero-order chi connectivity index (χ0) is 18.5. The molecule has 0 radical (unpaired) electrons. The highest BCUT2D eigenvalue weighted by Crippen LogP contribution is 2.21. The monoisotopic (exact) mass is 360 g/mol. The van der Waals surface area contributed by atoms with Gasteiger partial charge >= 0.3 is 0 Å². The molecule has 1 aromatic rings. The summed E-state index contributed by atoms with van der Waals surface area (Å²) in [5, 5.41) is 2.91. The number of hydrogen-bond donors (Lipinski definition) is 1. The van der Waals surface area contributed by atoms with Crippen LogP contribution < -0.4 is 10.2 Å². The zero-order valence-electron chi connectivity index (χ0n) is 15.6. The third-order valence-electron chi connectivity index (χ3n) is 5.05. The molecule has 0 unspecified atom stereocenters. The third-order valence-corrected chi connectivity index (χ3v) is 5.05. The molecule has 26 heavy (non-hydrogen) atoms. The van der Waals surface area contributed by atoms with Crippen LogP contribution >= 0.6 is 0 Å². The maximum Gasteiger partial charge on any atom is 0.228 e. The van der Waals surface area contributed by atoms with E-state index in [1.165, 1.54) is 0 Å². The Hall–Kier alpha value is -2.15. The topological polar surface area (TPSA) is 74.8 Å². The summed E-state index contributed by atoms with van der Waals surface area (Å²) in [6.07, 6.45) is 3.21. The van der Waals surface area contributed by atoms with Crippen molar-refractivity contribution in [2.45, 2.75) is 26.7 Å². The molecule has 0 aromatic carbocycles. The number of carbonyl (C=O) groups is 2. The smallest absolute Gasteiger partial charge is 0.228 e. The molecule has 142 valence electrons. The molecule has 3 rings (SSSR count). The van der Waals surface area contributed by atoms with Crippen molar-refractivity contribution in [3.8, 4) is 0 Å². The summed E-state index contributed by atoms with van der Waals surface area (Å²) >= 11 is 0. The Labute approximate surface area is 154 Å². The number of amides is 2. The molecule has 0 saturated carbocycles. The van der Waals surface area contributed by atoms with Crippen molar-refractivity contribution in [1.29, 1.82) is 0 Å². The van der Waals surface area contributed by atoms with Gasteiger partial charge in [-0.25, -0.2) is 4.98 Å². The van der Waals surface area contributed by atoms with E-state index in [1.807, 2.05) is 30.9 Å². The molecular formula is C19H28N4O3. The highest BCUT2D eigenvalue weighted by molar-refractivity contribution is 5.92. The van der Waals surface area contributed by atoms with Gasteiger partial charge in [-0.1, -0.05) is 13.8 Å². The first-order valence-electron chi connectivity index (χ1n) is 9.43. The normalized spacial score (nSPS) is 18.9. The van der Waals surface area contributed by atoms with Crippen LogP contribution in [-0.2, 0) is 14.3 Å². The van der Waals surface area contributed by atoms with Gasteiger partial charge in [-0.15, -0.1) is 0 Å². The number of anilines is 2. The summed E-state index contributed by atoms with van der Waals surface area (Å²) in [6, 6.07) is 3.83. The minimum absolute atomic E-state index is 0.00623. The largest absolute Gasteiger partial charge is 0.378 e. The van der Waals surface area contributed by atoms with Crippen molar-refractivity contribution in [3.05, 3.63) is 18.3 Å². The molecule has 2 saturated heterocycles. The van der Waals surface area contributed by atoms with Gasteiger partial charge in [-0.05, 0) is 25.0 Å². The Kier molecular flexibility index (Phi) is 6.08. The van der Waals surface area contributed by atoms with Gasteiger partial charge < -0.3 is 19.9 Å². The first-order valence-corrected chi connectivity index (χ1v) is 9.43. The number of piperidine rings is 1. The molecule has 7 nitrogen and oxygen atoms in total. The van der Waals surface area contributed by atoms with E-state index in [0.717, 1.165) is 32.0 Å². The lowest BCUT2D eigenvalue weighted by Gasteiger charge is -2.32. The maximum absolute atomic E-state index is 12.5. The number of nitrogens with zero attached hydrogens (tertiary/aromatic N) is 3.